The predicted molar refractivity (Wildman–Crippen MR) is 76.4 cm³/mol. The summed E-state index contributed by atoms with van der Waals surface area (Å²) in [5, 5.41) is 8.73. The van der Waals surface area contributed by atoms with Crippen molar-refractivity contribution in [1.82, 2.24) is 9.97 Å². The number of nitrogens with one attached hydrogen (secondary N) is 1. The van der Waals surface area contributed by atoms with Gasteiger partial charge >= 0.3 is 5.97 Å². The molecule has 21 heavy (non-hydrogen) atoms. The lowest BCUT2D eigenvalue weighted by atomic mass is 10.1. The van der Waals surface area contributed by atoms with Crippen molar-refractivity contribution in [3.63, 3.8) is 0 Å². The van der Waals surface area contributed by atoms with Crippen LogP contribution in [0, 0.1) is 13.8 Å². The second kappa shape index (κ2) is 6.21. The lowest BCUT2D eigenvalue weighted by Gasteiger charge is -2.08. The normalized spacial score (nSPS) is 10.4. The van der Waals surface area contributed by atoms with E-state index in [0.717, 1.165) is 11.1 Å². The topological polar surface area (TPSA) is 92.3 Å². The zero-order valence-electron chi connectivity index (χ0n) is 11.8. The number of aromatic nitrogens is 2. The van der Waals surface area contributed by atoms with Gasteiger partial charge in [0.1, 0.15) is 18.2 Å². The Bertz CT molecular complexity index is 702. The number of nitrogens with zero attached hydrogens (tertiary/aromatic N) is 1. The van der Waals surface area contributed by atoms with Crippen LogP contribution < -0.4 is 10.3 Å². The fraction of sp³-hybridized carbons (Fsp3) is 0.267. The number of aliphatic carboxylic acids is 1. The van der Waals surface area contributed by atoms with Gasteiger partial charge in [0.2, 0.25) is 0 Å². The van der Waals surface area contributed by atoms with Crippen molar-refractivity contribution in [2.24, 2.45) is 0 Å². The van der Waals surface area contributed by atoms with Crippen molar-refractivity contribution < 1.29 is 14.6 Å². The number of carboxylic acid groups (broad SMARTS) is 1. The third kappa shape index (κ3) is 4.45. The molecule has 1 heterocycles. The number of hydrogen-bond donors (Lipinski definition) is 2. The van der Waals surface area contributed by atoms with E-state index in [-0.39, 0.29) is 24.3 Å². The second-order valence-electron chi connectivity index (χ2n) is 4.87. The molecule has 110 valence electrons. The first-order valence-electron chi connectivity index (χ1n) is 6.44. The van der Waals surface area contributed by atoms with Gasteiger partial charge in [0, 0.05) is 6.07 Å². The standard InChI is InChI=1S/C15H16N2O4/c1-9-3-10(2)5-12(4-9)21-8-13-16-11(7-15(19)20)6-14(18)17-13/h3-6H,7-8H2,1-2H3,(H,19,20)(H,16,17,18). The maximum Gasteiger partial charge on any atom is 0.309 e. The summed E-state index contributed by atoms with van der Waals surface area (Å²) in [5.41, 5.74) is 1.97. The molecule has 1 aromatic heterocycles. The summed E-state index contributed by atoms with van der Waals surface area (Å²) in [6.07, 6.45) is -0.291. The van der Waals surface area contributed by atoms with Crippen molar-refractivity contribution in [2.45, 2.75) is 26.9 Å². The molecule has 0 saturated carbocycles. The Kier molecular flexibility index (Phi) is 4.37. The van der Waals surface area contributed by atoms with Crippen molar-refractivity contribution in [2.75, 3.05) is 0 Å². The third-order valence-corrected chi connectivity index (χ3v) is 2.75. The summed E-state index contributed by atoms with van der Waals surface area (Å²) in [5.74, 6) is -0.0500. The van der Waals surface area contributed by atoms with Gasteiger partial charge in [-0.1, -0.05) is 6.07 Å². The summed E-state index contributed by atoms with van der Waals surface area (Å²) in [6.45, 7) is 4.01. The number of benzene rings is 1. The van der Waals surface area contributed by atoms with Crippen molar-refractivity contribution in [3.8, 4) is 5.75 Å². The average Bonchev–Trinajstić information content (AvgIpc) is 2.33. The Balaban J connectivity index is 2.14. The van der Waals surface area contributed by atoms with E-state index < -0.39 is 5.97 Å². The Labute approximate surface area is 121 Å². The number of hydrogen-bond acceptors (Lipinski definition) is 4. The van der Waals surface area contributed by atoms with Crippen LogP contribution in [-0.4, -0.2) is 21.0 Å². The van der Waals surface area contributed by atoms with Gasteiger partial charge in [-0.25, -0.2) is 4.98 Å². The van der Waals surface area contributed by atoms with E-state index in [1.807, 2.05) is 32.0 Å². The highest BCUT2D eigenvalue weighted by molar-refractivity contribution is 5.69. The van der Waals surface area contributed by atoms with Crippen molar-refractivity contribution >= 4 is 5.97 Å². The van der Waals surface area contributed by atoms with Crippen LogP contribution >= 0.6 is 0 Å². The number of H-pyrrole nitrogens is 1. The molecule has 1 aromatic carbocycles. The minimum atomic E-state index is -1.03. The number of aryl methyl sites for hydroxylation is 2. The lowest BCUT2D eigenvalue weighted by Crippen LogP contribution is -2.16. The highest BCUT2D eigenvalue weighted by Crippen LogP contribution is 2.16. The van der Waals surface area contributed by atoms with Gasteiger partial charge in [-0.2, -0.15) is 0 Å². The number of carboxylic acids is 1. The van der Waals surface area contributed by atoms with Gasteiger partial charge in [-0.3, -0.25) is 9.59 Å². The number of carbonyl (C=O) groups is 1. The molecule has 0 aliphatic rings. The Morgan fingerprint density at radius 2 is 1.90 bits per heavy atom. The molecule has 6 nitrogen and oxygen atoms in total. The fourth-order valence-electron chi connectivity index (χ4n) is 2.04. The minimum absolute atomic E-state index is 0.0750. The van der Waals surface area contributed by atoms with Crippen LogP contribution in [0.2, 0.25) is 0 Å². The largest absolute Gasteiger partial charge is 0.486 e. The van der Waals surface area contributed by atoms with Crippen LogP contribution in [0.4, 0.5) is 0 Å². The molecule has 0 bridgehead atoms. The van der Waals surface area contributed by atoms with Gasteiger partial charge in [-0.05, 0) is 37.1 Å². The van der Waals surface area contributed by atoms with Crippen molar-refractivity contribution in [1.29, 1.82) is 0 Å². The molecular formula is C15H16N2O4. The predicted octanol–water partition coefficient (Wildman–Crippen LogP) is 1.59. The summed E-state index contributed by atoms with van der Waals surface area (Å²) >= 11 is 0. The number of rotatable bonds is 5. The summed E-state index contributed by atoms with van der Waals surface area (Å²) in [4.78, 5) is 28.7. The van der Waals surface area contributed by atoms with E-state index in [0.29, 0.717) is 11.6 Å². The maximum atomic E-state index is 11.5. The van der Waals surface area contributed by atoms with E-state index in [2.05, 4.69) is 9.97 Å². The van der Waals surface area contributed by atoms with E-state index in [4.69, 9.17) is 9.84 Å². The molecule has 0 amide bonds. The smallest absolute Gasteiger partial charge is 0.309 e. The molecule has 2 rings (SSSR count). The summed E-state index contributed by atoms with van der Waals surface area (Å²) in [6, 6.07) is 6.97. The minimum Gasteiger partial charge on any atom is -0.486 e. The molecule has 2 N–H and O–H groups in total. The Morgan fingerprint density at radius 3 is 2.52 bits per heavy atom. The monoisotopic (exact) mass is 288 g/mol. The molecule has 0 spiro atoms. The summed E-state index contributed by atoms with van der Waals surface area (Å²) in [7, 11) is 0. The fourth-order valence-corrected chi connectivity index (χ4v) is 2.04. The molecule has 0 aliphatic carbocycles. The average molecular weight is 288 g/mol. The van der Waals surface area contributed by atoms with Crippen LogP contribution in [0.5, 0.6) is 5.75 Å². The van der Waals surface area contributed by atoms with E-state index >= 15 is 0 Å². The SMILES string of the molecule is Cc1cc(C)cc(OCc2nc(CC(=O)O)cc(=O)[nH]2)c1. The van der Waals surface area contributed by atoms with E-state index in [1.165, 1.54) is 6.07 Å². The summed E-state index contributed by atoms with van der Waals surface area (Å²) < 4.78 is 5.59. The highest BCUT2D eigenvalue weighted by Gasteiger charge is 2.06. The zero-order chi connectivity index (χ0) is 15.4. The molecule has 6 heteroatoms. The van der Waals surface area contributed by atoms with Gasteiger partial charge in [0.15, 0.2) is 0 Å². The number of ether oxygens (including phenoxy) is 1. The van der Waals surface area contributed by atoms with Crippen LogP contribution in [0.25, 0.3) is 0 Å². The highest BCUT2D eigenvalue weighted by atomic mass is 16.5. The maximum absolute atomic E-state index is 11.5. The Hall–Kier alpha value is -2.63. The molecule has 0 radical (unpaired) electrons. The molecule has 0 fully saturated rings. The van der Waals surface area contributed by atoms with E-state index in [1.54, 1.807) is 0 Å². The Morgan fingerprint density at radius 1 is 1.24 bits per heavy atom. The quantitative estimate of drug-likeness (QED) is 0.871. The first kappa shape index (κ1) is 14.8. The zero-order valence-corrected chi connectivity index (χ0v) is 11.8. The first-order chi connectivity index (χ1) is 9.92. The third-order valence-electron chi connectivity index (χ3n) is 2.75. The van der Waals surface area contributed by atoms with E-state index in [9.17, 15) is 9.59 Å². The second-order valence-corrected chi connectivity index (χ2v) is 4.87. The van der Waals surface area contributed by atoms with Crippen LogP contribution in [0.1, 0.15) is 22.6 Å². The molecule has 0 aliphatic heterocycles. The van der Waals surface area contributed by atoms with Crippen LogP contribution in [0.3, 0.4) is 0 Å². The van der Waals surface area contributed by atoms with Crippen LogP contribution in [0.15, 0.2) is 29.1 Å². The van der Waals surface area contributed by atoms with Crippen molar-refractivity contribution in [3.05, 3.63) is 57.3 Å². The van der Waals surface area contributed by atoms with Gasteiger partial charge < -0.3 is 14.8 Å². The van der Waals surface area contributed by atoms with Gasteiger partial charge in [0.05, 0.1) is 12.1 Å². The molecule has 0 saturated heterocycles. The van der Waals surface area contributed by atoms with Crippen LogP contribution in [-0.2, 0) is 17.8 Å². The first-order valence-corrected chi connectivity index (χ1v) is 6.44. The van der Waals surface area contributed by atoms with Gasteiger partial charge in [-0.15, -0.1) is 0 Å². The van der Waals surface area contributed by atoms with Gasteiger partial charge in [0.25, 0.3) is 5.56 Å². The number of aromatic amines is 1. The molecule has 0 atom stereocenters. The molecular weight excluding hydrogens is 272 g/mol. The molecule has 2 aromatic rings. The molecule has 0 unspecified atom stereocenters. The lowest BCUT2D eigenvalue weighted by molar-refractivity contribution is -0.136.